The van der Waals surface area contributed by atoms with E-state index in [0.717, 1.165) is 30.0 Å². The van der Waals surface area contributed by atoms with Crippen molar-refractivity contribution in [2.24, 2.45) is 0 Å². The Kier molecular flexibility index (Phi) is 4.09. The van der Waals surface area contributed by atoms with E-state index in [1.165, 1.54) is 11.2 Å². The highest BCUT2D eigenvalue weighted by molar-refractivity contribution is 6.02. The fraction of sp³-hybridized carbons (Fsp3) is 0.150. The molecule has 0 spiro atoms. The van der Waals surface area contributed by atoms with E-state index in [4.69, 9.17) is 0 Å². The zero-order valence-electron chi connectivity index (χ0n) is 15.2. The Morgan fingerprint density at radius 1 is 1.10 bits per heavy atom. The predicted octanol–water partition coefficient (Wildman–Crippen LogP) is 4.58. The van der Waals surface area contributed by atoms with E-state index in [1.54, 1.807) is 18.2 Å². The molecule has 1 saturated heterocycles. The third-order valence-corrected chi connectivity index (χ3v) is 5.18. The van der Waals surface area contributed by atoms with Gasteiger partial charge in [0.25, 0.3) is 0 Å². The Labute approximate surface area is 166 Å². The second-order valence-electron chi connectivity index (χ2n) is 6.93. The smallest absolute Gasteiger partial charge is 0.333 e. The fourth-order valence-electron chi connectivity index (χ4n) is 3.70. The standard InChI is InChI=1S/C20H13F4N5O/c21-13-3-10(11-7-27-28(8-11)20(23)24)4-14(22)19(13)17-6-18(30)29(17)12-1-2-15-16(5-12)26-9-25-15/h1-5,7-9,17,20H,6H2,(H,25,26)/t17-/m0/s1. The number of fused-ring (bicyclic) bond motifs is 1. The van der Waals surface area contributed by atoms with E-state index < -0.39 is 24.2 Å². The number of aromatic amines is 1. The maximum Gasteiger partial charge on any atom is 0.333 e. The van der Waals surface area contributed by atoms with Crippen LogP contribution in [0.5, 0.6) is 0 Å². The summed E-state index contributed by atoms with van der Waals surface area (Å²) in [5.74, 6) is -1.99. The average molecular weight is 415 g/mol. The quantitative estimate of drug-likeness (QED) is 0.392. The van der Waals surface area contributed by atoms with Crippen LogP contribution in [0.15, 0.2) is 49.1 Å². The van der Waals surface area contributed by atoms with Gasteiger partial charge in [0.1, 0.15) is 11.6 Å². The van der Waals surface area contributed by atoms with Crippen LogP contribution in [0.4, 0.5) is 23.2 Å². The van der Waals surface area contributed by atoms with Gasteiger partial charge in [-0.25, -0.2) is 18.4 Å². The van der Waals surface area contributed by atoms with E-state index in [0.29, 0.717) is 15.9 Å². The number of imidazole rings is 1. The zero-order valence-corrected chi connectivity index (χ0v) is 15.2. The normalized spacial score (nSPS) is 16.5. The number of β-lactam (4-membered cyclic amide) rings is 1. The maximum absolute atomic E-state index is 14.9. The summed E-state index contributed by atoms with van der Waals surface area (Å²) in [7, 11) is 0. The number of alkyl halides is 2. The zero-order chi connectivity index (χ0) is 21.0. The number of benzene rings is 2. The van der Waals surface area contributed by atoms with Gasteiger partial charge in [-0.05, 0) is 35.9 Å². The highest BCUT2D eigenvalue weighted by atomic mass is 19.3. The van der Waals surface area contributed by atoms with Gasteiger partial charge in [0.2, 0.25) is 5.91 Å². The number of H-pyrrole nitrogens is 1. The van der Waals surface area contributed by atoms with Crippen molar-refractivity contribution < 1.29 is 22.4 Å². The monoisotopic (exact) mass is 415 g/mol. The lowest BCUT2D eigenvalue weighted by molar-refractivity contribution is -0.124. The van der Waals surface area contributed by atoms with E-state index in [9.17, 15) is 22.4 Å². The average Bonchev–Trinajstić information content (AvgIpc) is 3.36. The van der Waals surface area contributed by atoms with Crippen LogP contribution in [0, 0.1) is 11.6 Å². The van der Waals surface area contributed by atoms with Crippen LogP contribution in [0.1, 0.15) is 24.6 Å². The van der Waals surface area contributed by atoms with Crippen LogP contribution < -0.4 is 4.90 Å². The first-order chi connectivity index (χ1) is 14.4. The van der Waals surface area contributed by atoms with Gasteiger partial charge in [-0.3, -0.25) is 4.79 Å². The fourth-order valence-corrected chi connectivity index (χ4v) is 3.70. The summed E-state index contributed by atoms with van der Waals surface area (Å²) in [5, 5.41) is 3.48. The molecule has 152 valence electrons. The molecule has 1 fully saturated rings. The first-order valence-corrected chi connectivity index (χ1v) is 8.99. The third kappa shape index (κ3) is 2.83. The first-order valence-electron chi connectivity index (χ1n) is 8.99. The van der Waals surface area contributed by atoms with E-state index in [1.807, 2.05) is 0 Å². The molecule has 0 unspecified atom stereocenters. The lowest BCUT2D eigenvalue weighted by atomic mass is 9.90. The number of nitrogens with one attached hydrogen (secondary N) is 1. The summed E-state index contributed by atoms with van der Waals surface area (Å²) in [5.41, 5.74) is 1.87. The predicted molar refractivity (Wildman–Crippen MR) is 99.8 cm³/mol. The molecule has 0 radical (unpaired) electrons. The highest BCUT2D eigenvalue weighted by Gasteiger charge is 2.41. The van der Waals surface area contributed by atoms with E-state index >= 15 is 0 Å². The summed E-state index contributed by atoms with van der Waals surface area (Å²) in [4.78, 5) is 20.6. The van der Waals surface area contributed by atoms with Crippen LogP contribution in [0.25, 0.3) is 22.2 Å². The molecular weight excluding hydrogens is 402 g/mol. The van der Waals surface area contributed by atoms with Crippen molar-refractivity contribution in [3.63, 3.8) is 0 Å². The van der Waals surface area contributed by atoms with Crippen LogP contribution in [0.3, 0.4) is 0 Å². The largest absolute Gasteiger partial charge is 0.345 e. The maximum atomic E-state index is 14.9. The Morgan fingerprint density at radius 2 is 1.87 bits per heavy atom. The van der Waals surface area contributed by atoms with Gasteiger partial charge in [0.15, 0.2) is 0 Å². The minimum absolute atomic E-state index is 0.0465. The molecule has 2 aromatic heterocycles. The SMILES string of the molecule is O=C1C[C@@H](c2c(F)cc(-c3cnn(C(F)F)c3)cc2F)N1c1ccc2[nH]cnc2c1. The van der Waals surface area contributed by atoms with Gasteiger partial charge in [0, 0.05) is 23.0 Å². The van der Waals surface area contributed by atoms with Crippen molar-refractivity contribution in [3.8, 4) is 11.1 Å². The molecule has 2 aromatic carbocycles. The number of hydrogen-bond donors (Lipinski definition) is 1. The van der Waals surface area contributed by atoms with Crippen LogP contribution in [-0.2, 0) is 4.79 Å². The molecule has 3 heterocycles. The first kappa shape index (κ1) is 18.3. The minimum Gasteiger partial charge on any atom is -0.345 e. The third-order valence-electron chi connectivity index (χ3n) is 5.18. The number of hydrogen-bond acceptors (Lipinski definition) is 3. The molecule has 5 rings (SSSR count). The molecule has 0 bridgehead atoms. The van der Waals surface area contributed by atoms with Gasteiger partial charge < -0.3 is 9.88 Å². The lowest BCUT2D eigenvalue weighted by Gasteiger charge is -2.41. The second-order valence-corrected chi connectivity index (χ2v) is 6.93. The number of carbonyl (C=O) groups is 1. The molecule has 0 aliphatic carbocycles. The molecule has 1 aliphatic heterocycles. The van der Waals surface area contributed by atoms with Crippen molar-refractivity contribution in [2.75, 3.05) is 4.90 Å². The molecule has 1 atom stereocenters. The Hall–Kier alpha value is -3.69. The summed E-state index contributed by atoms with van der Waals surface area (Å²) in [6, 6.07) is 6.38. The molecule has 1 aliphatic rings. The van der Waals surface area contributed by atoms with Crippen molar-refractivity contribution in [3.05, 3.63) is 66.3 Å². The molecule has 0 saturated carbocycles. The molecule has 4 aromatic rings. The van der Waals surface area contributed by atoms with Crippen molar-refractivity contribution in [1.82, 2.24) is 19.7 Å². The van der Waals surface area contributed by atoms with E-state index in [2.05, 4.69) is 15.1 Å². The van der Waals surface area contributed by atoms with Crippen molar-refractivity contribution in [1.29, 1.82) is 0 Å². The topological polar surface area (TPSA) is 66.8 Å². The summed E-state index contributed by atoms with van der Waals surface area (Å²) in [6.45, 7) is -2.85. The molecule has 30 heavy (non-hydrogen) atoms. The van der Waals surface area contributed by atoms with Crippen molar-refractivity contribution >= 4 is 22.6 Å². The summed E-state index contributed by atoms with van der Waals surface area (Å²) in [6.07, 6.45) is 3.59. The van der Waals surface area contributed by atoms with Gasteiger partial charge in [-0.15, -0.1) is 0 Å². The molecule has 10 heteroatoms. The van der Waals surface area contributed by atoms with Crippen LogP contribution >= 0.6 is 0 Å². The Morgan fingerprint density at radius 3 is 2.53 bits per heavy atom. The number of nitrogens with zero attached hydrogens (tertiary/aromatic N) is 4. The second kappa shape index (κ2) is 6.68. The van der Waals surface area contributed by atoms with Crippen LogP contribution in [-0.4, -0.2) is 25.7 Å². The summed E-state index contributed by atoms with van der Waals surface area (Å²) >= 11 is 0. The van der Waals surface area contributed by atoms with Crippen LogP contribution in [0.2, 0.25) is 0 Å². The number of carbonyl (C=O) groups excluding carboxylic acids is 1. The van der Waals surface area contributed by atoms with Gasteiger partial charge in [0.05, 0.1) is 36.0 Å². The molecule has 6 nitrogen and oxygen atoms in total. The molecule has 1 amide bonds. The molecule has 1 N–H and O–H groups in total. The number of halogens is 4. The minimum atomic E-state index is -2.85. The van der Waals surface area contributed by atoms with Gasteiger partial charge in [-0.1, -0.05) is 0 Å². The Bertz CT molecular complexity index is 1260. The van der Waals surface area contributed by atoms with E-state index in [-0.39, 0.29) is 29.0 Å². The number of amides is 1. The van der Waals surface area contributed by atoms with Crippen molar-refractivity contribution in [2.45, 2.75) is 19.0 Å². The number of rotatable bonds is 4. The Balaban J connectivity index is 1.50. The van der Waals surface area contributed by atoms with Gasteiger partial charge in [-0.2, -0.15) is 13.9 Å². The number of aromatic nitrogens is 4. The lowest BCUT2D eigenvalue weighted by Crippen LogP contribution is -2.47. The molecular formula is C20H13F4N5O. The number of anilines is 1. The highest BCUT2D eigenvalue weighted by Crippen LogP contribution is 2.42. The van der Waals surface area contributed by atoms with Gasteiger partial charge >= 0.3 is 6.55 Å². The summed E-state index contributed by atoms with van der Waals surface area (Å²) < 4.78 is 55.6.